The molecule has 0 aromatic rings. The second kappa shape index (κ2) is 16.4. The van der Waals surface area contributed by atoms with Gasteiger partial charge in [-0.3, -0.25) is 4.79 Å². The Morgan fingerprint density at radius 2 is 1.20 bits per heavy atom. The summed E-state index contributed by atoms with van der Waals surface area (Å²) in [5, 5.41) is 15.3. The number of unbranched alkanes of at least 4 members (excludes halogenated alkanes) is 6. The molecule has 0 fully saturated rings. The van der Waals surface area contributed by atoms with Crippen LogP contribution in [0.25, 0.3) is 0 Å². The number of carboxylic acid groups (broad SMARTS) is 1. The van der Waals surface area contributed by atoms with E-state index in [1.165, 1.54) is 51.5 Å². The fourth-order valence-corrected chi connectivity index (χ4v) is 2.16. The van der Waals surface area contributed by atoms with Crippen molar-refractivity contribution in [1.29, 1.82) is 0 Å². The van der Waals surface area contributed by atoms with E-state index in [2.05, 4.69) is 17.6 Å². The van der Waals surface area contributed by atoms with E-state index in [4.69, 9.17) is 5.11 Å². The quantitative estimate of drug-likeness (QED) is 0.381. The van der Waals surface area contributed by atoms with Gasteiger partial charge < -0.3 is 15.7 Å². The minimum atomic E-state index is -0.685. The summed E-state index contributed by atoms with van der Waals surface area (Å²) in [6.07, 6.45) is 11.2. The average molecular weight is 286 g/mol. The normalized spacial score (nSPS) is 10.8. The SMILES string of the molecule is CCCNCCCCCCCCNCCCCC(=O)O. The molecule has 0 amide bonds. The van der Waals surface area contributed by atoms with Gasteiger partial charge in [0.25, 0.3) is 0 Å². The van der Waals surface area contributed by atoms with Gasteiger partial charge >= 0.3 is 5.97 Å². The van der Waals surface area contributed by atoms with Gasteiger partial charge in [-0.1, -0.05) is 32.6 Å². The number of nitrogens with one attached hydrogen (secondary N) is 2. The summed E-state index contributed by atoms with van der Waals surface area (Å²) < 4.78 is 0. The zero-order valence-corrected chi connectivity index (χ0v) is 13.3. The van der Waals surface area contributed by atoms with E-state index in [0.29, 0.717) is 6.42 Å². The van der Waals surface area contributed by atoms with E-state index < -0.39 is 5.97 Å². The molecule has 0 rings (SSSR count). The highest BCUT2D eigenvalue weighted by atomic mass is 16.4. The molecule has 0 unspecified atom stereocenters. The van der Waals surface area contributed by atoms with Crippen molar-refractivity contribution in [3.8, 4) is 0 Å². The van der Waals surface area contributed by atoms with E-state index in [1.54, 1.807) is 0 Å². The number of hydrogen-bond acceptors (Lipinski definition) is 3. The highest BCUT2D eigenvalue weighted by Gasteiger charge is 1.96. The van der Waals surface area contributed by atoms with Crippen molar-refractivity contribution in [3.63, 3.8) is 0 Å². The molecular weight excluding hydrogens is 252 g/mol. The van der Waals surface area contributed by atoms with Crippen LogP contribution in [0.4, 0.5) is 0 Å². The fraction of sp³-hybridized carbons (Fsp3) is 0.938. The van der Waals surface area contributed by atoms with E-state index in [-0.39, 0.29) is 0 Å². The van der Waals surface area contributed by atoms with Crippen molar-refractivity contribution < 1.29 is 9.90 Å². The molecule has 20 heavy (non-hydrogen) atoms. The van der Waals surface area contributed by atoms with Gasteiger partial charge in [-0.2, -0.15) is 0 Å². The topological polar surface area (TPSA) is 61.4 Å². The Labute approximate surface area is 124 Å². The standard InChI is InChI=1S/C16H34N2O2/c1-2-12-17-13-8-5-3-4-6-9-14-18-15-10-7-11-16(19)20/h17-18H,2-15H2,1H3,(H,19,20). The number of carbonyl (C=O) groups is 1. The molecule has 0 spiro atoms. The lowest BCUT2D eigenvalue weighted by Gasteiger charge is -2.05. The Kier molecular flexibility index (Phi) is 15.9. The van der Waals surface area contributed by atoms with Gasteiger partial charge in [0.05, 0.1) is 0 Å². The van der Waals surface area contributed by atoms with Crippen molar-refractivity contribution in [2.45, 2.75) is 71.1 Å². The maximum atomic E-state index is 10.3. The monoisotopic (exact) mass is 286 g/mol. The second-order valence-corrected chi connectivity index (χ2v) is 5.47. The van der Waals surface area contributed by atoms with Crippen LogP contribution in [0.1, 0.15) is 71.1 Å². The molecule has 0 aliphatic heterocycles. The van der Waals surface area contributed by atoms with Crippen LogP contribution in [0.2, 0.25) is 0 Å². The molecule has 3 N–H and O–H groups in total. The molecule has 0 saturated carbocycles. The molecule has 0 aromatic carbocycles. The third-order valence-electron chi connectivity index (χ3n) is 3.38. The summed E-state index contributed by atoms with van der Waals surface area (Å²) in [6, 6.07) is 0. The van der Waals surface area contributed by atoms with E-state index in [1.807, 2.05) is 0 Å². The molecule has 4 nitrogen and oxygen atoms in total. The first-order chi connectivity index (χ1) is 9.77. The maximum Gasteiger partial charge on any atom is 0.303 e. The van der Waals surface area contributed by atoms with Crippen molar-refractivity contribution in [3.05, 3.63) is 0 Å². The lowest BCUT2D eigenvalue weighted by Crippen LogP contribution is -2.17. The van der Waals surface area contributed by atoms with Gasteiger partial charge in [-0.25, -0.2) is 0 Å². The van der Waals surface area contributed by atoms with Crippen molar-refractivity contribution in [2.24, 2.45) is 0 Å². The molecule has 0 aromatic heterocycles. The Morgan fingerprint density at radius 3 is 1.70 bits per heavy atom. The largest absolute Gasteiger partial charge is 0.481 e. The summed E-state index contributed by atoms with van der Waals surface area (Å²) in [7, 11) is 0. The zero-order chi connectivity index (χ0) is 14.9. The molecule has 0 atom stereocenters. The zero-order valence-electron chi connectivity index (χ0n) is 13.3. The molecule has 0 aliphatic rings. The first kappa shape index (κ1) is 19.4. The predicted molar refractivity (Wildman–Crippen MR) is 85.2 cm³/mol. The van der Waals surface area contributed by atoms with Gasteiger partial charge in [0.2, 0.25) is 0 Å². The van der Waals surface area contributed by atoms with Gasteiger partial charge in [0, 0.05) is 6.42 Å². The Bertz CT molecular complexity index is 211. The number of aliphatic carboxylic acids is 1. The first-order valence-electron chi connectivity index (χ1n) is 8.40. The maximum absolute atomic E-state index is 10.3. The molecule has 120 valence electrons. The molecule has 0 radical (unpaired) electrons. The molecule has 0 heterocycles. The third-order valence-corrected chi connectivity index (χ3v) is 3.38. The van der Waals surface area contributed by atoms with Crippen molar-refractivity contribution in [1.82, 2.24) is 10.6 Å². The van der Waals surface area contributed by atoms with Crippen LogP contribution in [-0.2, 0) is 4.79 Å². The minimum absolute atomic E-state index is 0.300. The van der Waals surface area contributed by atoms with Gasteiger partial charge in [0.1, 0.15) is 0 Å². The van der Waals surface area contributed by atoms with Crippen LogP contribution in [0, 0.1) is 0 Å². The Hall–Kier alpha value is -0.610. The van der Waals surface area contributed by atoms with Crippen LogP contribution in [-0.4, -0.2) is 37.3 Å². The average Bonchev–Trinajstić information content (AvgIpc) is 2.43. The third kappa shape index (κ3) is 17.4. The number of carboxylic acids is 1. The van der Waals surface area contributed by atoms with Gasteiger partial charge in [0.15, 0.2) is 0 Å². The first-order valence-corrected chi connectivity index (χ1v) is 8.40. The van der Waals surface area contributed by atoms with Crippen molar-refractivity contribution >= 4 is 5.97 Å². The van der Waals surface area contributed by atoms with Gasteiger partial charge in [-0.15, -0.1) is 0 Å². The Morgan fingerprint density at radius 1 is 0.750 bits per heavy atom. The van der Waals surface area contributed by atoms with E-state index in [9.17, 15) is 4.79 Å². The molecule has 4 heteroatoms. The highest BCUT2D eigenvalue weighted by Crippen LogP contribution is 2.04. The lowest BCUT2D eigenvalue weighted by molar-refractivity contribution is -0.137. The summed E-state index contributed by atoms with van der Waals surface area (Å²) >= 11 is 0. The minimum Gasteiger partial charge on any atom is -0.481 e. The van der Waals surface area contributed by atoms with Crippen LogP contribution >= 0.6 is 0 Å². The van der Waals surface area contributed by atoms with Crippen LogP contribution in [0.5, 0.6) is 0 Å². The highest BCUT2D eigenvalue weighted by molar-refractivity contribution is 5.66. The summed E-state index contributed by atoms with van der Waals surface area (Å²) in [5.41, 5.74) is 0. The van der Waals surface area contributed by atoms with Crippen LogP contribution in [0.3, 0.4) is 0 Å². The lowest BCUT2D eigenvalue weighted by atomic mass is 10.1. The summed E-state index contributed by atoms with van der Waals surface area (Å²) in [6.45, 7) is 6.55. The number of hydrogen-bond donors (Lipinski definition) is 3. The molecule has 0 aliphatic carbocycles. The smallest absolute Gasteiger partial charge is 0.303 e. The van der Waals surface area contributed by atoms with Gasteiger partial charge in [-0.05, 0) is 58.3 Å². The fourth-order valence-electron chi connectivity index (χ4n) is 2.16. The second-order valence-electron chi connectivity index (χ2n) is 5.47. The van der Waals surface area contributed by atoms with Crippen LogP contribution < -0.4 is 10.6 Å². The van der Waals surface area contributed by atoms with Crippen LogP contribution in [0.15, 0.2) is 0 Å². The van der Waals surface area contributed by atoms with Crippen molar-refractivity contribution in [2.75, 3.05) is 26.2 Å². The molecule has 0 bridgehead atoms. The van der Waals surface area contributed by atoms with E-state index in [0.717, 1.165) is 32.5 Å². The van der Waals surface area contributed by atoms with E-state index >= 15 is 0 Å². The Balaban J connectivity index is 2.94. The summed E-state index contributed by atoms with van der Waals surface area (Å²) in [4.78, 5) is 10.3. The predicted octanol–water partition coefficient (Wildman–Crippen LogP) is 3.17. The molecule has 0 saturated heterocycles. The number of rotatable bonds is 16. The molecular formula is C16H34N2O2. The summed E-state index contributed by atoms with van der Waals surface area (Å²) in [5.74, 6) is -0.685.